The minimum atomic E-state index is -0.0377. The highest BCUT2D eigenvalue weighted by molar-refractivity contribution is 7.13. The molecule has 2 atom stereocenters. The van der Waals surface area contributed by atoms with Crippen LogP contribution in [0.15, 0.2) is 11.6 Å². The Balaban J connectivity index is 1.85. The van der Waals surface area contributed by atoms with Crippen LogP contribution in [-0.4, -0.2) is 54.7 Å². The number of carbonyl (C=O) groups is 1. The molecule has 1 fully saturated rings. The number of nitrogens with zero attached hydrogens (tertiary/aromatic N) is 2. The monoisotopic (exact) mass is 284 g/mol. The number of thiazole rings is 1. The summed E-state index contributed by atoms with van der Waals surface area (Å²) >= 11 is 1.42. The Labute approximate surface area is 116 Å². The molecule has 0 radical (unpaired) electrons. The molecule has 3 N–H and O–H groups in total. The van der Waals surface area contributed by atoms with Gasteiger partial charge >= 0.3 is 0 Å². The highest BCUT2D eigenvalue weighted by Gasteiger charge is 2.28. The fourth-order valence-electron chi connectivity index (χ4n) is 2.36. The summed E-state index contributed by atoms with van der Waals surface area (Å²) in [6, 6.07) is 0.209. The maximum absolute atomic E-state index is 11.9. The number of nitrogens with one attached hydrogen (secondary N) is 1. The van der Waals surface area contributed by atoms with Gasteiger partial charge < -0.3 is 15.8 Å². The van der Waals surface area contributed by atoms with Crippen LogP contribution in [0.4, 0.5) is 5.13 Å². The van der Waals surface area contributed by atoms with Gasteiger partial charge in [-0.2, -0.15) is 0 Å². The lowest BCUT2D eigenvalue weighted by atomic mass is 9.99. The first-order valence-corrected chi connectivity index (χ1v) is 7.27. The predicted octanol–water partition coefficient (Wildman–Crippen LogP) is 0.520. The molecule has 1 saturated heterocycles. The molecule has 1 aromatic rings. The van der Waals surface area contributed by atoms with Crippen molar-refractivity contribution in [2.75, 3.05) is 32.1 Å². The number of hydrogen-bond acceptors (Lipinski definition) is 6. The normalized spacial score (nSPS) is 24.3. The van der Waals surface area contributed by atoms with Crippen LogP contribution in [0.25, 0.3) is 0 Å². The number of anilines is 1. The van der Waals surface area contributed by atoms with Crippen molar-refractivity contribution in [3.05, 3.63) is 11.6 Å². The number of piperidine rings is 1. The molecule has 0 aliphatic carbocycles. The molecule has 1 aliphatic rings. The Morgan fingerprint density at radius 2 is 2.58 bits per heavy atom. The van der Waals surface area contributed by atoms with E-state index >= 15 is 0 Å². The van der Waals surface area contributed by atoms with E-state index in [1.165, 1.54) is 11.3 Å². The second kappa shape index (κ2) is 6.95. The molecule has 1 aromatic heterocycles. The van der Waals surface area contributed by atoms with Gasteiger partial charge in [-0.1, -0.05) is 0 Å². The zero-order chi connectivity index (χ0) is 13.7. The molecule has 0 spiro atoms. The summed E-state index contributed by atoms with van der Waals surface area (Å²) in [5, 5.41) is 5.27. The van der Waals surface area contributed by atoms with Crippen LogP contribution in [0.3, 0.4) is 0 Å². The van der Waals surface area contributed by atoms with Crippen molar-refractivity contribution >= 4 is 22.4 Å². The number of amides is 1. The van der Waals surface area contributed by atoms with Crippen molar-refractivity contribution < 1.29 is 9.53 Å². The number of rotatable bonds is 5. The molecule has 2 unspecified atom stereocenters. The number of likely N-dealkylation sites (tertiary alicyclic amines) is 1. The molecular formula is C12H20N4O2S. The zero-order valence-electron chi connectivity index (χ0n) is 11.0. The molecular weight excluding hydrogens is 264 g/mol. The highest BCUT2D eigenvalue weighted by atomic mass is 32.1. The van der Waals surface area contributed by atoms with Crippen molar-refractivity contribution in [1.82, 2.24) is 9.88 Å². The van der Waals surface area contributed by atoms with Gasteiger partial charge in [0, 0.05) is 37.8 Å². The first-order chi connectivity index (χ1) is 9.22. The summed E-state index contributed by atoms with van der Waals surface area (Å²) in [6.45, 7) is 1.74. The topological polar surface area (TPSA) is 80.5 Å². The SMILES string of the molecule is COC1CCN(CC(=O)Nc2nccs2)C(CN)C1. The van der Waals surface area contributed by atoms with Crippen LogP contribution in [0.5, 0.6) is 0 Å². The van der Waals surface area contributed by atoms with Gasteiger partial charge in [0.05, 0.1) is 12.6 Å². The summed E-state index contributed by atoms with van der Waals surface area (Å²) in [7, 11) is 1.73. The Bertz CT molecular complexity index is 398. The molecule has 7 heteroatoms. The smallest absolute Gasteiger partial charge is 0.240 e. The number of ether oxygens (including phenoxy) is 1. The van der Waals surface area contributed by atoms with Gasteiger partial charge in [-0.25, -0.2) is 4.98 Å². The van der Waals surface area contributed by atoms with E-state index in [0.29, 0.717) is 18.2 Å². The molecule has 19 heavy (non-hydrogen) atoms. The van der Waals surface area contributed by atoms with Crippen molar-refractivity contribution in [2.24, 2.45) is 5.73 Å². The molecule has 0 saturated carbocycles. The molecule has 6 nitrogen and oxygen atoms in total. The number of aromatic nitrogens is 1. The number of carbonyl (C=O) groups excluding carboxylic acids is 1. The summed E-state index contributed by atoms with van der Waals surface area (Å²) in [6.07, 6.45) is 3.76. The van der Waals surface area contributed by atoms with Crippen LogP contribution >= 0.6 is 11.3 Å². The van der Waals surface area contributed by atoms with E-state index in [0.717, 1.165) is 19.4 Å². The van der Waals surface area contributed by atoms with Crippen LogP contribution < -0.4 is 11.1 Å². The quantitative estimate of drug-likeness (QED) is 0.824. The molecule has 1 amide bonds. The third-order valence-corrected chi connectivity index (χ3v) is 4.11. The largest absolute Gasteiger partial charge is 0.381 e. The average Bonchev–Trinajstić information content (AvgIpc) is 2.91. The van der Waals surface area contributed by atoms with Gasteiger partial charge in [0.25, 0.3) is 0 Å². The second-order valence-corrected chi connectivity index (χ2v) is 5.52. The number of nitrogens with two attached hydrogens (primary N) is 1. The second-order valence-electron chi connectivity index (χ2n) is 4.63. The minimum absolute atomic E-state index is 0.0377. The Morgan fingerprint density at radius 3 is 3.21 bits per heavy atom. The van der Waals surface area contributed by atoms with E-state index in [9.17, 15) is 4.79 Å². The standard InChI is InChI=1S/C12H20N4O2S/c1-18-10-2-4-16(9(6-10)7-13)8-11(17)15-12-14-3-5-19-12/h3,5,9-10H,2,4,6-8,13H2,1H3,(H,14,15,17). The maximum Gasteiger partial charge on any atom is 0.240 e. The van der Waals surface area contributed by atoms with Gasteiger partial charge in [0.15, 0.2) is 5.13 Å². The van der Waals surface area contributed by atoms with E-state index in [2.05, 4.69) is 15.2 Å². The van der Waals surface area contributed by atoms with Crippen LogP contribution in [0.2, 0.25) is 0 Å². The first-order valence-electron chi connectivity index (χ1n) is 6.39. The van der Waals surface area contributed by atoms with Crippen LogP contribution in [0, 0.1) is 0 Å². The Morgan fingerprint density at radius 1 is 1.74 bits per heavy atom. The van der Waals surface area contributed by atoms with Gasteiger partial charge in [-0.15, -0.1) is 11.3 Å². The average molecular weight is 284 g/mol. The molecule has 0 aromatic carbocycles. The van der Waals surface area contributed by atoms with E-state index in [1.54, 1.807) is 13.3 Å². The maximum atomic E-state index is 11.9. The molecule has 1 aliphatic heterocycles. The van der Waals surface area contributed by atoms with Crippen molar-refractivity contribution in [1.29, 1.82) is 0 Å². The molecule has 106 valence electrons. The van der Waals surface area contributed by atoms with E-state index in [1.807, 2.05) is 5.38 Å². The molecule has 2 rings (SSSR count). The Kier molecular flexibility index (Phi) is 5.26. The number of hydrogen-bond donors (Lipinski definition) is 2. The van der Waals surface area contributed by atoms with Crippen molar-refractivity contribution in [2.45, 2.75) is 25.0 Å². The lowest BCUT2D eigenvalue weighted by molar-refractivity contribution is -0.118. The molecule has 2 heterocycles. The minimum Gasteiger partial charge on any atom is -0.381 e. The predicted molar refractivity (Wildman–Crippen MR) is 75.2 cm³/mol. The van der Waals surface area contributed by atoms with Crippen LogP contribution in [0.1, 0.15) is 12.8 Å². The fourth-order valence-corrected chi connectivity index (χ4v) is 2.90. The van der Waals surface area contributed by atoms with Crippen molar-refractivity contribution in [3.63, 3.8) is 0 Å². The first kappa shape index (κ1) is 14.4. The lowest BCUT2D eigenvalue weighted by Crippen LogP contribution is -2.50. The van der Waals surface area contributed by atoms with Gasteiger partial charge in [0.2, 0.25) is 5.91 Å². The van der Waals surface area contributed by atoms with Crippen molar-refractivity contribution in [3.8, 4) is 0 Å². The van der Waals surface area contributed by atoms with E-state index in [-0.39, 0.29) is 18.1 Å². The third kappa shape index (κ3) is 3.97. The van der Waals surface area contributed by atoms with E-state index < -0.39 is 0 Å². The summed E-state index contributed by atoms with van der Waals surface area (Å²) in [5.41, 5.74) is 5.78. The summed E-state index contributed by atoms with van der Waals surface area (Å²) < 4.78 is 5.37. The van der Waals surface area contributed by atoms with Gasteiger partial charge in [-0.05, 0) is 12.8 Å². The highest BCUT2D eigenvalue weighted by Crippen LogP contribution is 2.19. The molecule has 0 bridgehead atoms. The van der Waals surface area contributed by atoms with Gasteiger partial charge in [0.1, 0.15) is 0 Å². The summed E-state index contributed by atoms with van der Waals surface area (Å²) in [5.74, 6) is -0.0377. The fraction of sp³-hybridized carbons (Fsp3) is 0.667. The lowest BCUT2D eigenvalue weighted by Gasteiger charge is -2.37. The van der Waals surface area contributed by atoms with Crippen LogP contribution in [-0.2, 0) is 9.53 Å². The van der Waals surface area contributed by atoms with Gasteiger partial charge in [-0.3, -0.25) is 9.69 Å². The Hall–Kier alpha value is -1.02. The third-order valence-electron chi connectivity index (χ3n) is 3.42. The summed E-state index contributed by atoms with van der Waals surface area (Å²) in [4.78, 5) is 18.1. The number of methoxy groups -OCH3 is 1. The van der Waals surface area contributed by atoms with E-state index in [4.69, 9.17) is 10.5 Å². The zero-order valence-corrected chi connectivity index (χ0v) is 11.9.